The molecule has 23 heavy (non-hydrogen) atoms. The van der Waals surface area contributed by atoms with Gasteiger partial charge in [-0.05, 0) is 18.6 Å². The molecule has 0 aliphatic carbocycles. The van der Waals surface area contributed by atoms with Crippen LogP contribution in [0.4, 0.5) is 5.82 Å². The number of anilines is 1. The fraction of sp³-hybridized carbons (Fsp3) is 0.250. The van der Waals surface area contributed by atoms with E-state index in [0.29, 0.717) is 11.5 Å². The molecule has 1 amide bonds. The number of amides is 1. The smallest absolute Gasteiger partial charge is 0.244 e. The highest BCUT2D eigenvalue weighted by Crippen LogP contribution is 2.23. The zero-order chi connectivity index (χ0) is 15.8. The van der Waals surface area contributed by atoms with E-state index in [4.69, 9.17) is 0 Å². The summed E-state index contributed by atoms with van der Waals surface area (Å²) in [5.41, 5.74) is 1.65. The maximum atomic E-state index is 12.1. The van der Waals surface area contributed by atoms with Crippen molar-refractivity contribution in [2.45, 2.75) is 12.5 Å². The number of hydrogen-bond donors (Lipinski definition) is 1. The van der Waals surface area contributed by atoms with E-state index in [1.165, 1.54) is 6.33 Å². The van der Waals surface area contributed by atoms with Crippen LogP contribution in [-0.4, -0.2) is 50.2 Å². The molecule has 1 atom stereocenters. The van der Waals surface area contributed by atoms with Crippen LogP contribution in [0.3, 0.4) is 0 Å². The largest absolute Gasteiger partial charge is 0.358 e. The number of carbonyl (C=O) groups excluding carboxylic acids is 1. The van der Waals surface area contributed by atoms with Crippen LogP contribution >= 0.6 is 0 Å². The highest BCUT2D eigenvalue weighted by atomic mass is 16.2. The number of likely N-dealkylation sites (tertiary alicyclic amines) is 1. The second-order valence-corrected chi connectivity index (χ2v) is 5.60. The zero-order valence-electron chi connectivity index (χ0n) is 12.7. The highest BCUT2D eigenvalue weighted by Gasteiger charge is 2.29. The molecule has 0 spiro atoms. The van der Waals surface area contributed by atoms with Gasteiger partial charge in [0.25, 0.3) is 0 Å². The van der Waals surface area contributed by atoms with Crippen molar-refractivity contribution < 1.29 is 4.79 Å². The predicted octanol–water partition coefficient (Wildman–Crippen LogP) is 1.46. The number of aromatic nitrogens is 4. The Morgan fingerprint density at radius 3 is 2.78 bits per heavy atom. The molecule has 116 valence electrons. The van der Waals surface area contributed by atoms with Crippen molar-refractivity contribution in [3.8, 4) is 5.69 Å². The number of fused-ring (bicyclic) bond motifs is 1. The average molecular weight is 308 g/mol. The molecule has 1 aliphatic heterocycles. The summed E-state index contributed by atoms with van der Waals surface area (Å²) in [4.78, 5) is 22.4. The molecule has 0 bridgehead atoms. The Hall–Kier alpha value is -2.96. The van der Waals surface area contributed by atoms with E-state index in [9.17, 15) is 4.79 Å². The lowest BCUT2D eigenvalue weighted by molar-refractivity contribution is -0.127. The Kier molecular flexibility index (Phi) is 3.18. The van der Waals surface area contributed by atoms with Gasteiger partial charge in [-0.1, -0.05) is 18.2 Å². The number of nitrogens with zero attached hydrogens (tertiary/aromatic N) is 5. The third kappa shape index (κ3) is 2.30. The molecule has 1 fully saturated rings. The maximum absolute atomic E-state index is 12.1. The molecule has 7 heteroatoms. The van der Waals surface area contributed by atoms with E-state index in [-0.39, 0.29) is 11.9 Å². The minimum absolute atomic E-state index is 0.0900. The fourth-order valence-corrected chi connectivity index (χ4v) is 2.84. The summed E-state index contributed by atoms with van der Waals surface area (Å²) in [5.74, 6) is 0.734. The van der Waals surface area contributed by atoms with Crippen LogP contribution in [0.5, 0.6) is 0 Å². The number of para-hydroxylation sites is 1. The molecule has 7 nitrogen and oxygen atoms in total. The van der Waals surface area contributed by atoms with Crippen molar-refractivity contribution in [2.75, 3.05) is 18.9 Å². The van der Waals surface area contributed by atoms with Gasteiger partial charge in [0.15, 0.2) is 5.65 Å². The Balaban J connectivity index is 1.72. The fourth-order valence-electron chi connectivity index (χ4n) is 2.84. The van der Waals surface area contributed by atoms with E-state index in [1.807, 2.05) is 37.4 Å². The van der Waals surface area contributed by atoms with Crippen LogP contribution in [0.25, 0.3) is 16.7 Å². The van der Waals surface area contributed by atoms with Crippen LogP contribution in [-0.2, 0) is 4.79 Å². The molecule has 1 N–H and O–H groups in total. The summed E-state index contributed by atoms with van der Waals surface area (Å²) in [5, 5.41) is 8.45. The monoisotopic (exact) mass is 308 g/mol. The first kappa shape index (κ1) is 13.7. The Bertz CT molecular complexity index is 859. The molecular weight excluding hydrogens is 292 g/mol. The van der Waals surface area contributed by atoms with Gasteiger partial charge in [0, 0.05) is 13.6 Å². The summed E-state index contributed by atoms with van der Waals surface area (Å²) in [6, 6.07) is 9.57. The van der Waals surface area contributed by atoms with Gasteiger partial charge >= 0.3 is 0 Å². The van der Waals surface area contributed by atoms with E-state index in [1.54, 1.807) is 15.8 Å². The molecule has 1 aromatic carbocycles. The van der Waals surface area contributed by atoms with Gasteiger partial charge in [0.2, 0.25) is 5.91 Å². The van der Waals surface area contributed by atoms with Gasteiger partial charge in [-0.25, -0.2) is 14.6 Å². The molecule has 4 rings (SSSR count). The van der Waals surface area contributed by atoms with Crippen molar-refractivity contribution in [1.82, 2.24) is 24.6 Å². The van der Waals surface area contributed by atoms with Crippen molar-refractivity contribution >= 4 is 22.8 Å². The number of carbonyl (C=O) groups is 1. The van der Waals surface area contributed by atoms with Crippen LogP contribution in [0, 0.1) is 0 Å². The maximum Gasteiger partial charge on any atom is 0.244 e. The molecular formula is C16H16N6O. The van der Waals surface area contributed by atoms with E-state index >= 15 is 0 Å². The van der Waals surface area contributed by atoms with Crippen LogP contribution in [0.15, 0.2) is 42.9 Å². The van der Waals surface area contributed by atoms with E-state index < -0.39 is 0 Å². The number of hydrogen-bond acceptors (Lipinski definition) is 5. The molecule has 2 aromatic heterocycles. The summed E-state index contributed by atoms with van der Waals surface area (Å²) in [6.07, 6.45) is 4.00. The van der Waals surface area contributed by atoms with Crippen LogP contribution < -0.4 is 5.32 Å². The second kappa shape index (κ2) is 5.35. The summed E-state index contributed by atoms with van der Waals surface area (Å²) >= 11 is 0. The van der Waals surface area contributed by atoms with Crippen molar-refractivity contribution in [2.24, 2.45) is 0 Å². The average Bonchev–Trinajstić information content (AvgIpc) is 3.15. The molecule has 0 saturated carbocycles. The Labute approximate surface area is 133 Å². The minimum Gasteiger partial charge on any atom is -0.358 e. The first-order valence-electron chi connectivity index (χ1n) is 7.50. The summed E-state index contributed by atoms with van der Waals surface area (Å²) in [7, 11) is 1.81. The lowest BCUT2D eigenvalue weighted by atomic mass is 10.2. The van der Waals surface area contributed by atoms with E-state index in [2.05, 4.69) is 20.4 Å². The molecule has 1 unspecified atom stereocenters. The molecule has 1 aliphatic rings. The highest BCUT2D eigenvalue weighted by molar-refractivity contribution is 5.91. The van der Waals surface area contributed by atoms with Crippen molar-refractivity contribution in [3.05, 3.63) is 42.9 Å². The first-order valence-corrected chi connectivity index (χ1v) is 7.50. The lowest BCUT2D eigenvalue weighted by Gasteiger charge is -2.13. The molecule has 1 saturated heterocycles. The Morgan fingerprint density at radius 2 is 2.04 bits per heavy atom. The SMILES string of the molecule is CN1CCC(Nc2ncnc3c2cnn3-c2ccccc2)C1=O. The number of rotatable bonds is 3. The normalized spacial score (nSPS) is 17.9. The number of benzene rings is 1. The number of nitrogens with one attached hydrogen (secondary N) is 1. The van der Waals surface area contributed by atoms with Crippen LogP contribution in [0.2, 0.25) is 0 Å². The standard InChI is InChI=1S/C16H16N6O/c1-21-8-7-13(16(21)23)20-14-12-9-19-22(15(12)18-10-17-14)11-5-3-2-4-6-11/h2-6,9-10,13H,7-8H2,1H3,(H,17,18,20). The van der Waals surface area contributed by atoms with E-state index in [0.717, 1.165) is 24.0 Å². The molecule has 0 radical (unpaired) electrons. The second-order valence-electron chi connectivity index (χ2n) is 5.60. The first-order chi connectivity index (χ1) is 11.2. The van der Waals surface area contributed by atoms with Crippen molar-refractivity contribution in [1.29, 1.82) is 0 Å². The quantitative estimate of drug-likeness (QED) is 0.793. The predicted molar refractivity (Wildman–Crippen MR) is 86.3 cm³/mol. The lowest BCUT2D eigenvalue weighted by Crippen LogP contribution is -2.31. The zero-order valence-corrected chi connectivity index (χ0v) is 12.7. The Morgan fingerprint density at radius 1 is 1.22 bits per heavy atom. The van der Waals surface area contributed by atoms with Gasteiger partial charge < -0.3 is 10.2 Å². The summed E-state index contributed by atoms with van der Waals surface area (Å²) < 4.78 is 1.77. The van der Waals surface area contributed by atoms with Gasteiger partial charge in [-0.15, -0.1) is 0 Å². The number of likely N-dealkylation sites (N-methyl/N-ethyl adjacent to an activating group) is 1. The van der Waals surface area contributed by atoms with Crippen molar-refractivity contribution in [3.63, 3.8) is 0 Å². The third-order valence-electron chi connectivity index (χ3n) is 4.11. The topological polar surface area (TPSA) is 75.9 Å². The molecule has 3 aromatic rings. The van der Waals surface area contributed by atoms with Gasteiger partial charge in [-0.2, -0.15) is 5.10 Å². The van der Waals surface area contributed by atoms with Gasteiger partial charge in [0.05, 0.1) is 17.3 Å². The summed E-state index contributed by atoms with van der Waals surface area (Å²) in [6.45, 7) is 0.758. The third-order valence-corrected chi connectivity index (χ3v) is 4.11. The molecule has 3 heterocycles. The van der Waals surface area contributed by atoms with Crippen LogP contribution in [0.1, 0.15) is 6.42 Å². The van der Waals surface area contributed by atoms with Gasteiger partial charge in [-0.3, -0.25) is 4.79 Å². The van der Waals surface area contributed by atoms with Gasteiger partial charge in [0.1, 0.15) is 18.2 Å². The minimum atomic E-state index is -0.238.